The van der Waals surface area contributed by atoms with Crippen LogP contribution >= 0.6 is 35.0 Å². The Balaban J connectivity index is 1.74. The highest BCUT2D eigenvalue weighted by Gasteiger charge is 2.17. The first-order valence-corrected chi connectivity index (χ1v) is 11.5. The molecule has 0 radical (unpaired) electrons. The SMILES string of the molecule is C=CCn1c(SCC(=O)Nc2ccc(Cl)cc2Cl)nnc1-c1ccc(C(C)(C)C)cc1. The molecule has 0 saturated carbocycles. The molecule has 0 aliphatic rings. The third kappa shape index (κ3) is 5.91. The van der Waals surface area contributed by atoms with Crippen LogP contribution < -0.4 is 5.32 Å². The van der Waals surface area contributed by atoms with E-state index in [1.54, 1.807) is 24.3 Å². The number of anilines is 1. The van der Waals surface area contributed by atoms with E-state index < -0.39 is 0 Å². The number of amides is 1. The van der Waals surface area contributed by atoms with Crippen molar-refractivity contribution < 1.29 is 4.79 Å². The number of aromatic nitrogens is 3. The van der Waals surface area contributed by atoms with Crippen molar-refractivity contribution in [2.45, 2.75) is 37.9 Å². The second kappa shape index (κ2) is 9.90. The Bertz CT molecular complexity index is 1090. The molecule has 0 aliphatic heterocycles. The monoisotopic (exact) mass is 474 g/mol. The van der Waals surface area contributed by atoms with Crippen LogP contribution in [0, 0.1) is 0 Å². The van der Waals surface area contributed by atoms with Gasteiger partial charge in [-0.2, -0.15) is 0 Å². The molecule has 5 nitrogen and oxygen atoms in total. The number of carbonyl (C=O) groups is 1. The third-order valence-electron chi connectivity index (χ3n) is 4.58. The fourth-order valence-electron chi connectivity index (χ4n) is 2.93. The quantitative estimate of drug-likeness (QED) is 0.315. The molecule has 31 heavy (non-hydrogen) atoms. The average molecular weight is 475 g/mol. The minimum Gasteiger partial charge on any atom is -0.324 e. The van der Waals surface area contributed by atoms with Crippen molar-refractivity contribution in [3.8, 4) is 11.4 Å². The number of rotatable bonds is 7. The van der Waals surface area contributed by atoms with E-state index in [2.05, 4.69) is 55.0 Å². The highest BCUT2D eigenvalue weighted by Crippen LogP contribution is 2.29. The predicted octanol–water partition coefficient (Wildman–Crippen LogP) is 6.47. The number of benzene rings is 2. The van der Waals surface area contributed by atoms with Gasteiger partial charge in [-0.25, -0.2) is 0 Å². The van der Waals surface area contributed by atoms with Gasteiger partial charge in [-0.3, -0.25) is 9.36 Å². The Hall–Kier alpha value is -2.28. The van der Waals surface area contributed by atoms with Gasteiger partial charge >= 0.3 is 0 Å². The van der Waals surface area contributed by atoms with Crippen molar-refractivity contribution in [3.05, 3.63) is 70.7 Å². The van der Waals surface area contributed by atoms with Crippen molar-refractivity contribution in [3.63, 3.8) is 0 Å². The highest BCUT2D eigenvalue weighted by atomic mass is 35.5. The Kier molecular flexibility index (Phi) is 7.46. The number of thioether (sulfide) groups is 1. The lowest BCUT2D eigenvalue weighted by Crippen LogP contribution is -2.15. The number of nitrogens with one attached hydrogen (secondary N) is 1. The van der Waals surface area contributed by atoms with Crippen LogP contribution in [0.3, 0.4) is 0 Å². The number of nitrogens with zero attached hydrogens (tertiary/aromatic N) is 3. The lowest BCUT2D eigenvalue weighted by atomic mass is 9.87. The van der Waals surface area contributed by atoms with Crippen molar-refractivity contribution >= 4 is 46.6 Å². The molecule has 1 N–H and O–H groups in total. The Labute approximate surface area is 196 Å². The normalized spacial score (nSPS) is 11.4. The van der Waals surface area contributed by atoms with Crippen LogP contribution in [0.15, 0.2) is 60.3 Å². The topological polar surface area (TPSA) is 59.8 Å². The molecule has 2 aromatic carbocycles. The molecule has 1 amide bonds. The van der Waals surface area contributed by atoms with Gasteiger partial charge in [0.05, 0.1) is 16.5 Å². The van der Waals surface area contributed by atoms with E-state index in [-0.39, 0.29) is 17.1 Å². The summed E-state index contributed by atoms with van der Waals surface area (Å²) in [5, 5.41) is 13.0. The maximum Gasteiger partial charge on any atom is 0.234 e. The summed E-state index contributed by atoms with van der Waals surface area (Å²) >= 11 is 13.3. The van der Waals surface area contributed by atoms with E-state index in [1.165, 1.54) is 17.3 Å². The van der Waals surface area contributed by atoms with Gasteiger partial charge in [0.15, 0.2) is 11.0 Å². The second-order valence-electron chi connectivity index (χ2n) is 7.99. The van der Waals surface area contributed by atoms with Crippen LogP contribution in [-0.4, -0.2) is 26.4 Å². The maximum absolute atomic E-state index is 12.4. The summed E-state index contributed by atoms with van der Waals surface area (Å²) in [5.41, 5.74) is 2.81. The molecule has 0 fully saturated rings. The Morgan fingerprint density at radius 2 is 1.87 bits per heavy atom. The molecule has 0 bridgehead atoms. The predicted molar refractivity (Wildman–Crippen MR) is 130 cm³/mol. The molecular formula is C23H24Cl2N4OS. The van der Waals surface area contributed by atoms with E-state index in [0.717, 1.165) is 11.4 Å². The standard InChI is InChI=1S/C23H24Cl2N4OS/c1-5-12-29-21(15-6-8-16(9-7-15)23(2,3)4)27-28-22(29)31-14-20(30)26-19-11-10-17(24)13-18(19)25/h5-11,13H,1,12,14H2,2-4H3,(H,26,30). The molecule has 3 aromatic rings. The fourth-order valence-corrected chi connectivity index (χ4v) is 4.13. The molecule has 0 aliphatic carbocycles. The molecule has 1 aromatic heterocycles. The highest BCUT2D eigenvalue weighted by molar-refractivity contribution is 7.99. The zero-order valence-electron chi connectivity index (χ0n) is 17.7. The van der Waals surface area contributed by atoms with Gasteiger partial charge in [0.25, 0.3) is 0 Å². The summed E-state index contributed by atoms with van der Waals surface area (Å²) in [6.07, 6.45) is 1.79. The second-order valence-corrected chi connectivity index (χ2v) is 9.78. The summed E-state index contributed by atoms with van der Waals surface area (Å²) in [4.78, 5) is 12.4. The molecular weight excluding hydrogens is 451 g/mol. The van der Waals surface area contributed by atoms with Gasteiger partial charge in [0.1, 0.15) is 0 Å². The van der Waals surface area contributed by atoms with Gasteiger partial charge in [-0.1, -0.05) is 86.1 Å². The maximum atomic E-state index is 12.4. The van der Waals surface area contributed by atoms with Crippen molar-refractivity contribution in [1.29, 1.82) is 0 Å². The Morgan fingerprint density at radius 3 is 2.48 bits per heavy atom. The number of carbonyl (C=O) groups excluding carboxylic acids is 1. The van der Waals surface area contributed by atoms with E-state index in [1.807, 2.05) is 16.7 Å². The van der Waals surface area contributed by atoms with E-state index in [9.17, 15) is 4.79 Å². The van der Waals surface area contributed by atoms with Gasteiger partial charge < -0.3 is 5.32 Å². The van der Waals surface area contributed by atoms with Crippen LogP contribution in [0.1, 0.15) is 26.3 Å². The summed E-state index contributed by atoms with van der Waals surface area (Å²) in [5.74, 6) is 0.708. The summed E-state index contributed by atoms with van der Waals surface area (Å²) in [7, 11) is 0. The molecule has 8 heteroatoms. The first-order valence-electron chi connectivity index (χ1n) is 9.71. The van der Waals surface area contributed by atoms with Crippen LogP contribution in [0.5, 0.6) is 0 Å². The van der Waals surface area contributed by atoms with Crippen molar-refractivity contribution in [2.24, 2.45) is 0 Å². The smallest absolute Gasteiger partial charge is 0.234 e. The molecule has 1 heterocycles. The summed E-state index contributed by atoms with van der Waals surface area (Å²) in [6, 6.07) is 13.3. The molecule has 0 saturated heterocycles. The van der Waals surface area contributed by atoms with E-state index in [4.69, 9.17) is 23.2 Å². The lowest BCUT2D eigenvalue weighted by Gasteiger charge is -2.19. The van der Waals surface area contributed by atoms with Crippen LogP contribution in [0.2, 0.25) is 10.0 Å². The minimum absolute atomic E-state index is 0.0781. The average Bonchev–Trinajstić information content (AvgIpc) is 3.11. The molecule has 0 atom stereocenters. The summed E-state index contributed by atoms with van der Waals surface area (Å²) < 4.78 is 1.95. The molecule has 162 valence electrons. The zero-order chi connectivity index (χ0) is 22.6. The zero-order valence-corrected chi connectivity index (χ0v) is 20.0. The van der Waals surface area contributed by atoms with Gasteiger partial charge in [-0.15, -0.1) is 16.8 Å². The largest absolute Gasteiger partial charge is 0.324 e. The van der Waals surface area contributed by atoms with Crippen LogP contribution in [-0.2, 0) is 16.8 Å². The number of hydrogen-bond acceptors (Lipinski definition) is 4. The summed E-state index contributed by atoms with van der Waals surface area (Å²) in [6.45, 7) is 10.9. The number of halogens is 2. The number of allylic oxidation sites excluding steroid dienone is 1. The lowest BCUT2D eigenvalue weighted by molar-refractivity contribution is -0.113. The third-order valence-corrected chi connectivity index (χ3v) is 6.09. The van der Waals surface area contributed by atoms with Crippen molar-refractivity contribution in [1.82, 2.24) is 14.8 Å². The van der Waals surface area contributed by atoms with Gasteiger partial charge in [0.2, 0.25) is 5.91 Å². The first-order chi connectivity index (χ1) is 14.7. The molecule has 3 rings (SSSR count). The first kappa shape index (κ1) is 23.4. The molecule has 0 spiro atoms. The van der Waals surface area contributed by atoms with E-state index in [0.29, 0.717) is 27.4 Å². The van der Waals surface area contributed by atoms with Crippen LogP contribution in [0.25, 0.3) is 11.4 Å². The van der Waals surface area contributed by atoms with Gasteiger partial charge in [0, 0.05) is 17.1 Å². The van der Waals surface area contributed by atoms with Crippen molar-refractivity contribution in [2.75, 3.05) is 11.1 Å². The van der Waals surface area contributed by atoms with E-state index >= 15 is 0 Å². The minimum atomic E-state index is -0.196. The fraction of sp³-hybridized carbons (Fsp3) is 0.261. The van der Waals surface area contributed by atoms with Crippen LogP contribution in [0.4, 0.5) is 5.69 Å². The number of hydrogen-bond donors (Lipinski definition) is 1. The molecule has 0 unspecified atom stereocenters. The Morgan fingerprint density at radius 1 is 1.16 bits per heavy atom. The van der Waals surface area contributed by atoms with Gasteiger partial charge in [-0.05, 0) is 29.2 Å².